The van der Waals surface area contributed by atoms with Crippen LogP contribution in [0.3, 0.4) is 0 Å². The minimum atomic E-state index is -0.247. The van der Waals surface area contributed by atoms with E-state index in [1.807, 2.05) is 37.3 Å². The van der Waals surface area contributed by atoms with Crippen LogP contribution in [0.5, 0.6) is 11.5 Å². The zero-order chi connectivity index (χ0) is 14.8. The molecule has 21 heavy (non-hydrogen) atoms. The summed E-state index contributed by atoms with van der Waals surface area (Å²) in [6.07, 6.45) is 1.41. The van der Waals surface area contributed by atoms with E-state index in [1.54, 1.807) is 17.8 Å². The van der Waals surface area contributed by atoms with Crippen molar-refractivity contribution >= 4 is 11.7 Å². The zero-order valence-corrected chi connectivity index (χ0v) is 11.7. The molecule has 0 unspecified atom stereocenters. The molecule has 2 N–H and O–H groups in total. The summed E-state index contributed by atoms with van der Waals surface area (Å²) in [4.78, 5) is 8.15. The maximum Gasteiger partial charge on any atom is 0.254 e. The highest BCUT2D eigenvalue weighted by Crippen LogP contribution is 2.25. The van der Waals surface area contributed by atoms with Crippen molar-refractivity contribution in [3.63, 3.8) is 0 Å². The topological polar surface area (TPSA) is 87.6 Å². The first kappa shape index (κ1) is 13.2. The molecule has 0 saturated carbocycles. The first-order valence-corrected chi connectivity index (χ1v) is 6.45. The zero-order valence-electron chi connectivity index (χ0n) is 11.7. The molecule has 2 aromatic heterocycles. The minimum absolute atomic E-state index is 0.184. The first-order valence-electron chi connectivity index (χ1n) is 6.45. The van der Waals surface area contributed by atoms with Gasteiger partial charge < -0.3 is 15.2 Å². The predicted octanol–water partition coefficient (Wildman–Crippen LogP) is 1.86. The third kappa shape index (κ3) is 2.58. The summed E-state index contributed by atoms with van der Waals surface area (Å²) in [5.41, 5.74) is 6.42. The van der Waals surface area contributed by atoms with E-state index in [-0.39, 0.29) is 12.1 Å². The second kappa shape index (κ2) is 5.28. The summed E-state index contributed by atoms with van der Waals surface area (Å²) in [6, 6.07) is 9.25. The minimum Gasteiger partial charge on any atom is -0.497 e. The van der Waals surface area contributed by atoms with E-state index in [1.165, 1.54) is 0 Å². The fourth-order valence-corrected chi connectivity index (χ4v) is 2.07. The molecule has 0 bridgehead atoms. The van der Waals surface area contributed by atoms with Gasteiger partial charge in [-0.2, -0.15) is 9.50 Å². The molecule has 2 heterocycles. The molecule has 7 nitrogen and oxygen atoms in total. The van der Waals surface area contributed by atoms with Crippen LogP contribution >= 0.6 is 0 Å². The summed E-state index contributed by atoms with van der Waals surface area (Å²) < 4.78 is 12.7. The molecule has 108 valence electrons. The number of ether oxygens (including phenoxy) is 2. The second-order valence-corrected chi connectivity index (χ2v) is 4.49. The number of nitrogens with zero attached hydrogens (tertiary/aromatic N) is 4. The van der Waals surface area contributed by atoms with Crippen molar-refractivity contribution in [2.45, 2.75) is 13.0 Å². The van der Waals surface area contributed by atoms with Crippen LogP contribution in [-0.2, 0) is 0 Å². The average molecular weight is 285 g/mol. The Morgan fingerprint density at radius 2 is 2.05 bits per heavy atom. The van der Waals surface area contributed by atoms with E-state index in [4.69, 9.17) is 15.2 Å². The average Bonchev–Trinajstić information content (AvgIpc) is 2.87. The molecule has 0 fully saturated rings. The fourth-order valence-electron chi connectivity index (χ4n) is 2.07. The van der Waals surface area contributed by atoms with Gasteiger partial charge in [-0.05, 0) is 25.1 Å². The normalized spacial score (nSPS) is 12.3. The standard InChI is InChI=1S/C14H15N5O2/c1-9(21-11-5-3-4-10(8-11)20-2)12-6-7-16-14-17-13(15)18-19(12)14/h3-9H,1-2H3,(H2,15,18)/t9-/m1/s1. The number of hydrogen-bond donors (Lipinski definition) is 1. The quantitative estimate of drug-likeness (QED) is 0.787. The van der Waals surface area contributed by atoms with Gasteiger partial charge in [-0.25, -0.2) is 4.98 Å². The number of methoxy groups -OCH3 is 1. The number of fused-ring (bicyclic) bond motifs is 1. The molecule has 3 rings (SSSR count). The number of anilines is 1. The molecule has 7 heteroatoms. The Hall–Kier alpha value is -2.83. The van der Waals surface area contributed by atoms with E-state index in [0.29, 0.717) is 11.5 Å². The molecule has 0 aliphatic heterocycles. The predicted molar refractivity (Wildman–Crippen MR) is 77.2 cm³/mol. The van der Waals surface area contributed by atoms with Crippen LogP contribution in [-0.4, -0.2) is 26.7 Å². The number of aromatic nitrogens is 4. The molecule has 0 aliphatic carbocycles. The van der Waals surface area contributed by atoms with Gasteiger partial charge in [0.15, 0.2) is 0 Å². The van der Waals surface area contributed by atoms with E-state index < -0.39 is 0 Å². The molecule has 0 amide bonds. The molecule has 0 saturated heterocycles. The number of hydrogen-bond acceptors (Lipinski definition) is 6. The SMILES string of the molecule is COc1cccc(O[C@H](C)c2ccnc3nc(N)nn23)c1. The van der Waals surface area contributed by atoms with Crippen molar-refractivity contribution in [2.24, 2.45) is 0 Å². The van der Waals surface area contributed by atoms with Gasteiger partial charge in [-0.1, -0.05) is 6.07 Å². The van der Waals surface area contributed by atoms with Gasteiger partial charge in [0.2, 0.25) is 5.95 Å². The third-order valence-electron chi connectivity index (χ3n) is 3.06. The van der Waals surface area contributed by atoms with Crippen LogP contribution < -0.4 is 15.2 Å². The lowest BCUT2D eigenvalue weighted by Gasteiger charge is -2.15. The van der Waals surface area contributed by atoms with Crippen molar-refractivity contribution in [3.8, 4) is 11.5 Å². The number of rotatable bonds is 4. The Labute approximate surface area is 121 Å². The summed E-state index contributed by atoms with van der Waals surface area (Å²) in [6.45, 7) is 1.92. The Morgan fingerprint density at radius 3 is 2.86 bits per heavy atom. The molecule has 0 spiro atoms. The summed E-state index contributed by atoms with van der Waals surface area (Å²) >= 11 is 0. The van der Waals surface area contributed by atoms with Gasteiger partial charge in [0, 0.05) is 12.3 Å². The van der Waals surface area contributed by atoms with Gasteiger partial charge in [0.05, 0.1) is 12.8 Å². The Morgan fingerprint density at radius 1 is 1.24 bits per heavy atom. The first-order chi connectivity index (χ1) is 10.2. The van der Waals surface area contributed by atoms with Gasteiger partial charge in [-0.3, -0.25) is 0 Å². The molecule has 1 aromatic carbocycles. The maximum absolute atomic E-state index is 5.92. The van der Waals surface area contributed by atoms with Crippen LogP contribution in [0.2, 0.25) is 0 Å². The van der Waals surface area contributed by atoms with Crippen molar-refractivity contribution in [1.82, 2.24) is 19.6 Å². The van der Waals surface area contributed by atoms with Crippen LogP contribution in [0.4, 0.5) is 5.95 Å². The monoisotopic (exact) mass is 285 g/mol. The second-order valence-electron chi connectivity index (χ2n) is 4.49. The van der Waals surface area contributed by atoms with Crippen LogP contribution in [0.1, 0.15) is 18.7 Å². The van der Waals surface area contributed by atoms with E-state index in [2.05, 4.69) is 15.1 Å². The van der Waals surface area contributed by atoms with Crippen molar-refractivity contribution < 1.29 is 9.47 Å². The van der Waals surface area contributed by atoms with E-state index >= 15 is 0 Å². The highest BCUT2D eigenvalue weighted by molar-refractivity contribution is 5.36. The lowest BCUT2D eigenvalue weighted by Crippen LogP contribution is -2.10. The Kier molecular flexibility index (Phi) is 3.31. The smallest absolute Gasteiger partial charge is 0.254 e. The van der Waals surface area contributed by atoms with Gasteiger partial charge in [-0.15, -0.1) is 5.10 Å². The van der Waals surface area contributed by atoms with E-state index in [0.717, 1.165) is 11.4 Å². The largest absolute Gasteiger partial charge is 0.497 e. The van der Waals surface area contributed by atoms with E-state index in [9.17, 15) is 0 Å². The molecular formula is C14H15N5O2. The van der Waals surface area contributed by atoms with Gasteiger partial charge in [0.25, 0.3) is 5.78 Å². The van der Waals surface area contributed by atoms with Crippen molar-refractivity contribution in [2.75, 3.05) is 12.8 Å². The molecular weight excluding hydrogens is 270 g/mol. The maximum atomic E-state index is 5.92. The third-order valence-corrected chi connectivity index (χ3v) is 3.06. The number of nitrogen functional groups attached to an aromatic ring is 1. The van der Waals surface area contributed by atoms with Crippen LogP contribution in [0, 0.1) is 0 Å². The lowest BCUT2D eigenvalue weighted by atomic mass is 10.2. The number of nitrogens with two attached hydrogens (primary N) is 1. The van der Waals surface area contributed by atoms with Crippen molar-refractivity contribution in [3.05, 3.63) is 42.2 Å². The van der Waals surface area contributed by atoms with Crippen LogP contribution in [0.15, 0.2) is 36.5 Å². The molecule has 0 radical (unpaired) electrons. The van der Waals surface area contributed by atoms with Gasteiger partial charge in [0.1, 0.15) is 17.6 Å². The summed E-state index contributed by atoms with van der Waals surface area (Å²) in [5.74, 6) is 2.08. The molecule has 0 aliphatic rings. The van der Waals surface area contributed by atoms with Gasteiger partial charge >= 0.3 is 0 Å². The molecule has 1 atom stereocenters. The Bertz CT molecular complexity index is 771. The summed E-state index contributed by atoms with van der Waals surface area (Å²) in [7, 11) is 1.62. The van der Waals surface area contributed by atoms with Crippen molar-refractivity contribution in [1.29, 1.82) is 0 Å². The highest BCUT2D eigenvalue weighted by atomic mass is 16.5. The number of benzene rings is 1. The molecule has 3 aromatic rings. The fraction of sp³-hybridized carbons (Fsp3) is 0.214. The Balaban J connectivity index is 1.91. The summed E-state index contributed by atoms with van der Waals surface area (Å²) in [5, 5.41) is 4.13. The highest BCUT2D eigenvalue weighted by Gasteiger charge is 2.14. The van der Waals surface area contributed by atoms with Crippen LogP contribution in [0.25, 0.3) is 5.78 Å². The lowest BCUT2D eigenvalue weighted by molar-refractivity contribution is 0.218.